The highest BCUT2D eigenvalue weighted by Crippen LogP contribution is 2.16. The molecule has 0 heterocycles. The van der Waals surface area contributed by atoms with E-state index >= 15 is 0 Å². The second-order valence-electron chi connectivity index (χ2n) is 2.38. The SMILES string of the molecule is O=CCc1ccc(C=O)c(O)c1. The largest absolute Gasteiger partial charge is 0.507 e. The lowest BCUT2D eigenvalue weighted by atomic mass is 10.1. The minimum atomic E-state index is -0.0793. The first kappa shape index (κ1) is 8.46. The molecule has 0 aliphatic carbocycles. The van der Waals surface area contributed by atoms with Gasteiger partial charge < -0.3 is 9.90 Å². The van der Waals surface area contributed by atoms with Gasteiger partial charge in [0, 0.05) is 6.42 Å². The Kier molecular flexibility index (Phi) is 2.58. The summed E-state index contributed by atoms with van der Waals surface area (Å²) in [4.78, 5) is 20.4. The van der Waals surface area contributed by atoms with Gasteiger partial charge in [-0.2, -0.15) is 0 Å². The topological polar surface area (TPSA) is 54.4 Å². The number of aldehydes is 2. The molecule has 0 aliphatic heterocycles. The molecule has 0 fully saturated rings. The van der Waals surface area contributed by atoms with Gasteiger partial charge in [0.05, 0.1) is 5.56 Å². The lowest BCUT2D eigenvalue weighted by molar-refractivity contribution is -0.107. The molecule has 0 bridgehead atoms. The predicted octanol–water partition coefficient (Wildman–Crippen LogP) is 0.946. The minimum Gasteiger partial charge on any atom is -0.507 e. The maximum Gasteiger partial charge on any atom is 0.153 e. The number of hydrogen-bond donors (Lipinski definition) is 1. The van der Waals surface area contributed by atoms with Crippen LogP contribution in [0.1, 0.15) is 15.9 Å². The Balaban J connectivity index is 3.00. The lowest BCUT2D eigenvalue weighted by Gasteiger charge is -1.98. The van der Waals surface area contributed by atoms with Crippen LogP contribution in [0.25, 0.3) is 0 Å². The van der Waals surface area contributed by atoms with Crippen molar-refractivity contribution in [3.63, 3.8) is 0 Å². The highest BCUT2D eigenvalue weighted by molar-refractivity contribution is 5.79. The first-order valence-corrected chi connectivity index (χ1v) is 3.48. The van der Waals surface area contributed by atoms with Crippen molar-refractivity contribution in [3.8, 4) is 5.75 Å². The van der Waals surface area contributed by atoms with Crippen LogP contribution in [0, 0.1) is 0 Å². The van der Waals surface area contributed by atoms with Gasteiger partial charge >= 0.3 is 0 Å². The van der Waals surface area contributed by atoms with E-state index in [1.54, 1.807) is 6.07 Å². The standard InChI is InChI=1S/C9H8O3/c10-4-3-7-1-2-8(6-11)9(12)5-7/h1-2,4-6,12H,3H2. The molecular formula is C9H8O3. The monoisotopic (exact) mass is 164 g/mol. The zero-order valence-electron chi connectivity index (χ0n) is 6.36. The predicted molar refractivity (Wildman–Crippen MR) is 43.3 cm³/mol. The van der Waals surface area contributed by atoms with Gasteiger partial charge in [0.15, 0.2) is 6.29 Å². The van der Waals surface area contributed by atoms with Crippen molar-refractivity contribution in [2.75, 3.05) is 0 Å². The maximum absolute atomic E-state index is 10.3. The van der Waals surface area contributed by atoms with Crippen LogP contribution < -0.4 is 0 Å². The maximum atomic E-state index is 10.3. The molecule has 62 valence electrons. The fourth-order valence-electron chi connectivity index (χ4n) is 0.912. The number of aromatic hydroxyl groups is 1. The van der Waals surface area contributed by atoms with Crippen molar-refractivity contribution >= 4 is 12.6 Å². The Bertz CT molecular complexity index is 305. The third-order valence-corrected chi connectivity index (χ3v) is 1.54. The van der Waals surface area contributed by atoms with Gasteiger partial charge in [0.1, 0.15) is 12.0 Å². The van der Waals surface area contributed by atoms with Crippen LogP contribution in [0.4, 0.5) is 0 Å². The molecule has 3 nitrogen and oxygen atoms in total. The second kappa shape index (κ2) is 3.67. The second-order valence-corrected chi connectivity index (χ2v) is 2.38. The molecule has 0 saturated carbocycles. The fraction of sp³-hybridized carbons (Fsp3) is 0.111. The molecule has 12 heavy (non-hydrogen) atoms. The van der Waals surface area contributed by atoms with Gasteiger partial charge in [-0.25, -0.2) is 0 Å². The Morgan fingerprint density at radius 2 is 2.08 bits per heavy atom. The molecule has 0 radical (unpaired) electrons. The Hall–Kier alpha value is -1.64. The van der Waals surface area contributed by atoms with Gasteiger partial charge in [0.25, 0.3) is 0 Å². The molecular weight excluding hydrogens is 156 g/mol. The fourth-order valence-corrected chi connectivity index (χ4v) is 0.912. The number of rotatable bonds is 3. The summed E-state index contributed by atoms with van der Waals surface area (Å²) < 4.78 is 0. The smallest absolute Gasteiger partial charge is 0.153 e. The zero-order valence-corrected chi connectivity index (χ0v) is 6.36. The summed E-state index contributed by atoms with van der Waals surface area (Å²) >= 11 is 0. The third-order valence-electron chi connectivity index (χ3n) is 1.54. The van der Waals surface area contributed by atoms with E-state index in [4.69, 9.17) is 0 Å². The summed E-state index contributed by atoms with van der Waals surface area (Å²) in [7, 11) is 0. The molecule has 0 atom stereocenters. The average Bonchev–Trinajstić information content (AvgIpc) is 2.05. The first-order chi connectivity index (χ1) is 5.77. The molecule has 0 aliphatic rings. The summed E-state index contributed by atoms with van der Waals surface area (Å²) in [5.74, 6) is -0.0793. The molecule has 1 N–H and O–H groups in total. The summed E-state index contributed by atoms with van der Waals surface area (Å²) in [6, 6.07) is 4.54. The number of benzene rings is 1. The van der Waals surface area contributed by atoms with E-state index in [1.807, 2.05) is 0 Å². The van der Waals surface area contributed by atoms with Crippen LogP contribution in [-0.4, -0.2) is 17.7 Å². The van der Waals surface area contributed by atoms with Crippen molar-refractivity contribution in [2.24, 2.45) is 0 Å². The normalized spacial score (nSPS) is 9.33. The average molecular weight is 164 g/mol. The van der Waals surface area contributed by atoms with Crippen molar-refractivity contribution < 1.29 is 14.7 Å². The van der Waals surface area contributed by atoms with Crippen molar-refractivity contribution in [1.82, 2.24) is 0 Å². The Labute approximate surface area is 69.6 Å². The number of phenolic OH excluding ortho intramolecular Hbond substituents is 1. The molecule has 1 aromatic carbocycles. The lowest BCUT2D eigenvalue weighted by Crippen LogP contribution is -1.87. The van der Waals surface area contributed by atoms with E-state index in [2.05, 4.69) is 0 Å². The van der Waals surface area contributed by atoms with Crippen LogP contribution in [0.2, 0.25) is 0 Å². The van der Waals surface area contributed by atoms with Gasteiger partial charge in [-0.1, -0.05) is 6.07 Å². The van der Waals surface area contributed by atoms with Gasteiger partial charge in [-0.05, 0) is 17.7 Å². The van der Waals surface area contributed by atoms with E-state index in [-0.39, 0.29) is 17.7 Å². The van der Waals surface area contributed by atoms with Crippen LogP contribution in [0.3, 0.4) is 0 Å². The molecule has 0 spiro atoms. The molecule has 0 unspecified atom stereocenters. The number of hydrogen-bond acceptors (Lipinski definition) is 3. The van der Waals surface area contributed by atoms with Crippen LogP contribution in [0.5, 0.6) is 5.75 Å². The Morgan fingerprint density at radius 1 is 1.33 bits per heavy atom. The molecule has 3 heteroatoms. The van der Waals surface area contributed by atoms with Crippen LogP contribution in [0.15, 0.2) is 18.2 Å². The van der Waals surface area contributed by atoms with Crippen molar-refractivity contribution in [1.29, 1.82) is 0 Å². The highest BCUT2D eigenvalue weighted by atomic mass is 16.3. The highest BCUT2D eigenvalue weighted by Gasteiger charge is 2.00. The van der Waals surface area contributed by atoms with Crippen LogP contribution >= 0.6 is 0 Å². The molecule has 0 amide bonds. The number of carbonyl (C=O) groups excluding carboxylic acids is 2. The summed E-state index contributed by atoms with van der Waals surface area (Å²) in [5.41, 5.74) is 0.942. The van der Waals surface area contributed by atoms with Crippen molar-refractivity contribution in [2.45, 2.75) is 6.42 Å². The molecule has 1 rings (SSSR count). The van der Waals surface area contributed by atoms with E-state index in [9.17, 15) is 14.7 Å². The minimum absolute atomic E-state index is 0.0793. The summed E-state index contributed by atoms with van der Waals surface area (Å²) in [5, 5.41) is 9.17. The Morgan fingerprint density at radius 3 is 2.58 bits per heavy atom. The zero-order chi connectivity index (χ0) is 8.97. The van der Waals surface area contributed by atoms with E-state index in [0.717, 1.165) is 6.29 Å². The summed E-state index contributed by atoms with van der Waals surface area (Å²) in [6.45, 7) is 0. The quantitative estimate of drug-likeness (QED) is 0.676. The molecule has 0 saturated heterocycles. The first-order valence-electron chi connectivity index (χ1n) is 3.48. The van der Waals surface area contributed by atoms with Gasteiger partial charge in [0.2, 0.25) is 0 Å². The van der Waals surface area contributed by atoms with E-state index < -0.39 is 0 Å². The van der Waals surface area contributed by atoms with E-state index in [1.165, 1.54) is 12.1 Å². The number of carbonyl (C=O) groups is 2. The third kappa shape index (κ3) is 1.69. The van der Waals surface area contributed by atoms with E-state index in [0.29, 0.717) is 11.8 Å². The summed E-state index contributed by atoms with van der Waals surface area (Å²) in [6.07, 6.45) is 1.57. The molecule has 0 aromatic heterocycles. The van der Waals surface area contributed by atoms with Gasteiger partial charge in [-0.15, -0.1) is 0 Å². The van der Waals surface area contributed by atoms with Gasteiger partial charge in [-0.3, -0.25) is 4.79 Å². The van der Waals surface area contributed by atoms with Crippen molar-refractivity contribution in [3.05, 3.63) is 29.3 Å². The van der Waals surface area contributed by atoms with Crippen LogP contribution in [-0.2, 0) is 11.2 Å². The molecule has 1 aromatic rings. The number of phenols is 1.